The average Bonchev–Trinajstić information content (AvgIpc) is 2.64. The SMILES string of the molecule is BrPC(Cc1ccccc1)(Cc1ccccc1)Cc1ccccc1. The molecule has 0 saturated carbocycles. The van der Waals surface area contributed by atoms with Gasteiger partial charge >= 0.3 is 0 Å². The van der Waals surface area contributed by atoms with Crippen molar-refractivity contribution in [2.45, 2.75) is 24.4 Å². The lowest BCUT2D eigenvalue weighted by Gasteiger charge is -2.33. The van der Waals surface area contributed by atoms with E-state index in [-0.39, 0.29) is 5.16 Å². The summed E-state index contributed by atoms with van der Waals surface area (Å²) >= 11 is 3.87. The van der Waals surface area contributed by atoms with Crippen LogP contribution >= 0.6 is 22.8 Å². The van der Waals surface area contributed by atoms with Crippen molar-refractivity contribution in [3.63, 3.8) is 0 Å². The van der Waals surface area contributed by atoms with Crippen molar-refractivity contribution in [1.29, 1.82) is 0 Å². The maximum absolute atomic E-state index is 3.87. The van der Waals surface area contributed by atoms with Crippen LogP contribution in [0.3, 0.4) is 0 Å². The minimum Gasteiger partial charge on any atom is -0.0636 e. The molecule has 0 saturated heterocycles. The van der Waals surface area contributed by atoms with E-state index in [9.17, 15) is 0 Å². The van der Waals surface area contributed by atoms with E-state index >= 15 is 0 Å². The van der Waals surface area contributed by atoms with Crippen LogP contribution in [-0.2, 0) is 19.3 Å². The Morgan fingerprint density at radius 3 is 1.08 bits per heavy atom. The Morgan fingerprint density at radius 1 is 0.542 bits per heavy atom. The summed E-state index contributed by atoms with van der Waals surface area (Å²) in [6, 6.07) is 32.6. The Bertz CT molecular complexity index is 624. The second-order valence-electron chi connectivity index (χ2n) is 6.36. The zero-order valence-electron chi connectivity index (χ0n) is 13.7. The summed E-state index contributed by atoms with van der Waals surface area (Å²) in [6.07, 6.45) is 3.25. The van der Waals surface area contributed by atoms with E-state index in [2.05, 4.69) is 106 Å². The summed E-state index contributed by atoms with van der Waals surface area (Å²) in [4.78, 5) is 0. The number of hydrogen-bond acceptors (Lipinski definition) is 0. The Balaban J connectivity index is 1.91. The fourth-order valence-corrected chi connectivity index (χ4v) is 5.32. The highest BCUT2D eigenvalue weighted by atomic mass is 79.9. The molecule has 0 heterocycles. The maximum Gasteiger partial charge on any atom is 0.00971 e. The van der Waals surface area contributed by atoms with E-state index in [0.29, 0.717) is 7.28 Å². The van der Waals surface area contributed by atoms with Crippen LogP contribution in [0.5, 0.6) is 0 Å². The van der Waals surface area contributed by atoms with Crippen molar-refractivity contribution in [3.8, 4) is 0 Å². The average molecular weight is 397 g/mol. The lowest BCUT2D eigenvalue weighted by atomic mass is 9.86. The lowest BCUT2D eigenvalue weighted by molar-refractivity contribution is 0.573. The van der Waals surface area contributed by atoms with Gasteiger partial charge in [0.15, 0.2) is 0 Å². The monoisotopic (exact) mass is 396 g/mol. The minimum atomic E-state index is 0.198. The molecule has 2 heteroatoms. The molecule has 0 fully saturated rings. The molecule has 0 amide bonds. The van der Waals surface area contributed by atoms with Crippen molar-refractivity contribution >= 4 is 22.8 Å². The molecule has 3 aromatic carbocycles. The van der Waals surface area contributed by atoms with E-state index in [1.165, 1.54) is 16.7 Å². The molecule has 0 nitrogen and oxygen atoms in total. The second kappa shape index (κ2) is 8.60. The summed E-state index contributed by atoms with van der Waals surface area (Å²) in [5, 5.41) is 0.198. The van der Waals surface area contributed by atoms with Crippen LogP contribution in [0, 0.1) is 0 Å². The van der Waals surface area contributed by atoms with Gasteiger partial charge in [-0.25, -0.2) is 0 Å². The van der Waals surface area contributed by atoms with Gasteiger partial charge in [0, 0.05) is 5.16 Å². The Labute approximate surface area is 154 Å². The Kier molecular flexibility index (Phi) is 6.24. The van der Waals surface area contributed by atoms with Gasteiger partial charge in [0.25, 0.3) is 0 Å². The fourth-order valence-electron chi connectivity index (χ4n) is 3.25. The first-order valence-corrected chi connectivity index (χ1v) is 11.5. The third-order valence-corrected chi connectivity index (χ3v) is 7.81. The first-order valence-electron chi connectivity index (χ1n) is 8.29. The molecule has 3 rings (SSSR count). The van der Waals surface area contributed by atoms with Gasteiger partial charge in [0.2, 0.25) is 0 Å². The van der Waals surface area contributed by atoms with Gasteiger partial charge < -0.3 is 0 Å². The molecule has 1 atom stereocenters. The van der Waals surface area contributed by atoms with Gasteiger partial charge in [-0.2, -0.15) is 0 Å². The molecule has 0 aliphatic rings. The van der Waals surface area contributed by atoms with Crippen LogP contribution in [0.25, 0.3) is 0 Å². The standard InChI is InChI=1S/C22H22BrP/c23-24-22(16-19-10-4-1-5-11-19,17-20-12-6-2-7-13-20)18-21-14-8-3-9-15-21/h1-15,24H,16-18H2. The van der Waals surface area contributed by atoms with E-state index < -0.39 is 0 Å². The van der Waals surface area contributed by atoms with Gasteiger partial charge in [-0.3, -0.25) is 0 Å². The van der Waals surface area contributed by atoms with Crippen LogP contribution in [0.15, 0.2) is 91.0 Å². The van der Waals surface area contributed by atoms with E-state index in [1.54, 1.807) is 0 Å². The topological polar surface area (TPSA) is 0 Å². The molecule has 0 bridgehead atoms. The van der Waals surface area contributed by atoms with E-state index in [1.807, 2.05) is 0 Å². The van der Waals surface area contributed by atoms with Crippen molar-refractivity contribution in [1.82, 2.24) is 0 Å². The highest BCUT2D eigenvalue weighted by Gasteiger charge is 2.30. The zero-order chi connectivity index (χ0) is 16.7. The quantitative estimate of drug-likeness (QED) is 0.403. The largest absolute Gasteiger partial charge is 0.0636 e. The third-order valence-electron chi connectivity index (χ3n) is 4.36. The molecule has 24 heavy (non-hydrogen) atoms. The Morgan fingerprint density at radius 2 is 0.833 bits per heavy atom. The van der Waals surface area contributed by atoms with Crippen LogP contribution in [0.1, 0.15) is 16.7 Å². The van der Waals surface area contributed by atoms with Gasteiger partial charge in [-0.1, -0.05) is 106 Å². The summed E-state index contributed by atoms with van der Waals surface area (Å²) in [7, 11) is 0.708. The molecule has 3 aromatic rings. The van der Waals surface area contributed by atoms with Crippen LogP contribution in [-0.4, -0.2) is 5.16 Å². The number of halogens is 1. The number of benzene rings is 3. The van der Waals surface area contributed by atoms with Gasteiger partial charge in [0.05, 0.1) is 0 Å². The lowest BCUT2D eigenvalue weighted by Crippen LogP contribution is -2.31. The molecule has 0 aromatic heterocycles. The summed E-state index contributed by atoms with van der Waals surface area (Å²) in [6.45, 7) is 0. The molecule has 122 valence electrons. The van der Waals surface area contributed by atoms with Crippen LogP contribution < -0.4 is 0 Å². The first kappa shape index (κ1) is 17.4. The highest BCUT2D eigenvalue weighted by molar-refractivity contribution is 9.37. The van der Waals surface area contributed by atoms with Gasteiger partial charge in [-0.15, -0.1) is 0 Å². The summed E-state index contributed by atoms with van der Waals surface area (Å²) in [5.41, 5.74) is 4.24. The second-order valence-corrected chi connectivity index (χ2v) is 8.80. The number of rotatable bonds is 7. The van der Waals surface area contributed by atoms with Gasteiger partial charge in [-0.05, 0) is 43.2 Å². The van der Waals surface area contributed by atoms with Crippen molar-refractivity contribution in [2.75, 3.05) is 0 Å². The molecule has 0 radical (unpaired) electrons. The summed E-state index contributed by atoms with van der Waals surface area (Å²) in [5.74, 6) is 0. The fraction of sp³-hybridized carbons (Fsp3) is 0.182. The van der Waals surface area contributed by atoms with Crippen molar-refractivity contribution in [3.05, 3.63) is 108 Å². The number of hydrogen-bond donors (Lipinski definition) is 0. The molecule has 0 aliphatic carbocycles. The van der Waals surface area contributed by atoms with Gasteiger partial charge in [0.1, 0.15) is 0 Å². The van der Waals surface area contributed by atoms with E-state index in [0.717, 1.165) is 19.3 Å². The third kappa shape index (κ3) is 4.79. The molecular weight excluding hydrogens is 375 g/mol. The van der Waals surface area contributed by atoms with E-state index in [4.69, 9.17) is 0 Å². The predicted octanol–water partition coefficient (Wildman–Crippen LogP) is 6.44. The molecule has 1 unspecified atom stereocenters. The normalized spacial score (nSPS) is 11.9. The Hall–Kier alpha value is -1.43. The first-order chi connectivity index (χ1) is 11.8. The predicted molar refractivity (Wildman–Crippen MR) is 110 cm³/mol. The minimum absolute atomic E-state index is 0.198. The smallest absolute Gasteiger partial charge is 0.00971 e. The van der Waals surface area contributed by atoms with Crippen molar-refractivity contribution in [2.24, 2.45) is 0 Å². The molecule has 0 N–H and O–H groups in total. The molecule has 0 spiro atoms. The highest BCUT2D eigenvalue weighted by Crippen LogP contribution is 2.45. The summed E-state index contributed by atoms with van der Waals surface area (Å²) < 4.78 is 0. The van der Waals surface area contributed by atoms with Crippen LogP contribution in [0.2, 0.25) is 0 Å². The zero-order valence-corrected chi connectivity index (χ0v) is 16.2. The van der Waals surface area contributed by atoms with Crippen molar-refractivity contribution < 1.29 is 0 Å². The molecular formula is C22H22BrP. The van der Waals surface area contributed by atoms with Crippen LogP contribution in [0.4, 0.5) is 0 Å². The maximum atomic E-state index is 3.87. The molecule has 0 aliphatic heterocycles.